The second kappa shape index (κ2) is 3.81. The molecule has 0 radical (unpaired) electrons. The molecule has 1 fully saturated rings. The Labute approximate surface area is 90.0 Å². The highest BCUT2D eigenvalue weighted by Gasteiger charge is 2.46. The van der Waals surface area contributed by atoms with E-state index in [1.165, 1.54) is 12.1 Å². The van der Waals surface area contributed by atoms with Gasteiger partial charge in [-0.15, -0.1) is 0 Å². The Kier molecular flexibility index (Phi) is 2.61. The van der Waals surface area contributed by atoms with E-state index in [4.69, 9.17) is 0 Å². The third kappa shape index (κ3) is 1.89. The molecule has 0 aromatic heterocycles. The van der Waals surface area contributed by atoms with Crippen LogP contribution in [0.3, 0.4) is 0 Å². The van der Waals surface area contributed by atoms with Gasteiger partial charge >= 0.3 is 6.61 Å². The van der Waals surface area contributed by atoms with Crippen LogP contribution in [-0.2, 0) is 10.2 Å². The van der Waals surface area contributed by atoms with E-state index in [0.29, 0.717) is 19.1 Å². The first-order valence-corrected chi connectivity index (χ1v) is 4.78. The molecule has 0 heterocycles. The van der Waals surface area contributed by atoms with Crippen molar-refractivity contribution in [2.24, 2.45) is 0 Å². The van der Waals surface area contributed by atoms with Gasteiger partial charge < -0.3 is 9.53 Å². The van der Waals surface area contributed by atoms with Crippen LogP contribution in [0.2, 0.25) is 0 Å². The molecular weight excluding hydrogens is 221 g/mol. The fourth-order valence-electron chi connectivity index (χ4n) is 1.66. The lowest BCUT2D eigenvalue weighted by molar-refractivity contribution is -0.110. The van der Waals surface area contributed by atoms with E-state index in [1.807, 2.05) is 0 Å². The highest BCUT2D eigenvalue weighted by atomic mass is 19.3. The predicted octanol–water partition coefficient (Wildman–Crippen LogP) is 2.66. The Morgan fingerprint density at radius 2 is 2.06 bits per heavy atom. The summed E-state index contributed by atoms with van der Waals surface area (Å²) in [6.07, 6.45) is 1.91. The number of alkyl halides is 2. The average Bonchev–Trinajstić information content (AvgIpc) is 2.97. The molecule has 5 heteroatoms. The van der Waals surface area contributed by atoms with E-state index in [2.05, 4.69) is 4.74 Å². The number of ether oxygens (including phenoxy) is 1. The summed E-state index contributed by atoms with van der Waals surface area (Å²) in [4.78, 5) is 10.8. The number of benzene rings is 1. The normalized spacial score (nSPS) is 17.2. The van der Waals surface area contributed by atoms with Gasteiger partial charge in [0.05, 0.1) is 5.41 Å². The second-order valence-electron chi connectivity index (χ2n) is 3.79. The van der Waals surface area contributed by atoms with E-state index >= 15 is 0 Å². The molecule has 0 aliphatic heterocycles. The zero-order valence-electron chi connectivity index (χ0n) is 8.25. The Morgan fingerprint density at radius 1 is 1.38 bits per heavy atom. The van der Waals surface area contributed by atoms with Crippen LogP contribution in [0.15, 0.2) is 18.2 Å². The molecule has 1 saturated carbocycles. The summed E-state index contributed by atoms with van der Waals surface area (Å²) in [5.74, 6) is -0.916. The van der Waals surface area contributed by atoms with Crippen LogP contribution in [0.4, 0.5) is 13.2 Å². The average molecular weight is 230 g/mol. The van der Waals surface area contributed by atoms with E-state index in [9.17, 15) is 18.0 Å². The van der Waals surface area contributed by atoms with Crippen LogP contribution < -0.4 is 4.74 Å². The van der Waals surface area contributed by atoms with Crippen molar-refractivity contribution in [2.75, 3.05) is 0 Å². The molecule has 2 nitrogen and oxygen atoms in total. The lowest BCUT2D eigenvalue weighted by atomic mass is 9.97. The summed E-state index contributed by atoms with van der Waals surface area (Å²) < 4.78 is 41.3. The maximum absolute atomic E-state index is 13.5. The molecule has 0 N–H and O–H groups in total. The SMILES string of the molecule is O=CC1(c2ccc(OC(F)F)cc2F)CC1. The Bertz CT molecular complexity index is 414. The summed E-state index contributed by atoms with van der Waals surface area (Å²) in [7, 11) is 0. The smallest absolute Gasteiger partial charge is 0.387 e. The minimum absolute atomic E-state index is 0.238. The van der Waals surface area contributed by atoms with Gasteiger partial charge in [0.2, 0.25) is 0 Å². The third-order valence-corrected chi connectivity index (χ3v) is 2.72. The molecule has 1 aromatic carbocycles. The van der Waals surface area contributed by atoms with Crippen LogP contribution in [0.25, 0.3) is 0 Å². The molecule has 1 aliphatic carbocycles. The molecule has 0 bridgehead atoms. The summed E-state index contributed by atoms with van der Waals surface area (Å²) in [6.45, 7) is -2.98. The predicted molar refractivity (Wildman–Crippen MR) is 50.0 cm³/mol. The fraction of sp³-hybridized carbons (Fsp3) is 0.364. The van der Waals surface area contributed by atoms with Gasteiger partial charge in [-0.2, -0.15) is 8.78 Å². The first kappa shape index (κ1) is 11.0. The minimum Gasteiger partial charge on any atom is -0.435 e. The maximum Gasteiger partial charge on any atom is 0.387 e. The molecule has 0 amide bonds. The summed E-state index contributed by atoms with van der Waals surface area (Å²) in [5.41, 5.74) is -0.489. The number of carbonyl (C=O) groups is 1. The van der Waals surface area contributed by atoms with Crippen molar-refractivity contribution in [1.29, 1.82) is 0 Å². The van der Waals surface area contributed by atoms with Gasteiger partial charge in [0, 0.05) is 11.6 Å². The van der Waals surface area contributed by atoms with Gasteiger partial charge in [-0.1, -0.05) is 6.07 Å². The van der Waals surface area contributed by atoms with Gasteiger partial charge in [0.25, 0.3) is 0 Å². The lowest BCUT2D eigenvalue weighted by Gasteiger charge is -2.10. The molecule has 86 valence electrons. The van der Waals surface area contributed by atoms with Crippen LogP contribution in [0.5, 0.6) is 5.75 Å². The van der Waals surface area contributed by atoms with Gasteiger partial charge in [0.1, 0.15) is 17.9 Å². The Hall–Kier alpha value is -1.52. The van der Waals surface area contributed by atoms with Crippen LogP contribution in [-0.4, -0.2) is 12.9 Å². The number of rotatable bonds is 4. The van der Waals surface area contributed by atoms with Crippen LogP contribution in [0.1, 0.15) is 18.4 Å². The molecule has 2 rings (SSSR count). The standard InChI is InChI=1S/C11H9F3O2/c12-9-5-7(16-10(13)14)1-2-8(9)11(6-15)3-4-11/h1-2,5-6,10H,3-4H2. The van der Waals surface area contributed by atoms with E-state index in [0.717, 1.165) is 6.07 Å². The van der Waals surface area contributed by atoms with Crippen LogP contribution >= 0.6 is 0 Å². The summed E-state index contributed by atoms with van der Waals surface area (Å²) in [5, 5.41) is 0. The molecule has 16 heavy (non-hydrogen) atoms. The van der Waals surface area contributed by atoms with Crippen molar-refractivity contribution >= 4 is 6.29 Å². The molecule has 1 aromatic rings. The monoisotopic (exact) mass is 230 g/mol. The van der Waals surface area contributed by atoms with E-state index < -0.39 is 17.8 Å². The Balaban J connectivity index is 2.27. The molecule has 0 spiro atoms. The van der Waals surface area contributed by atoms with Crippen molar-refractivity contribution in [3.63, 3.8) is 0 Å². The topological polar surface area (TPSA) is 26.3 Å². The van der Waals surface area contributed by atoms with E-state index in [-0.39, 0.29) is 11.3 Å². The molecule has 0 atom stereocenters. The third-order valence-electron chi connectivity index (χ3n) is 2.72. The molecule has 0 saturated heterocycles. The molecule has 1 aliphatic rings. The van der Waals surface area contributed by atoms with Crippen molar-refractivity contribution in [1.82, 2.24) is 0 Å². The highest BCUT2D eigenvalue weighted by molar-refractivity contribution is 5.73. The van der Waals surface area contributed by atoms with Crippen molar-refractivity contribution < 1.29 is 22.7 Å². The first-order valence-electron chi connectivity index (χ1n) is 4.78. The molecule has 0 unspecified atom stereocenters. The Morgan fingerprint density at radius 3 is 2.50 bits per heavy atom. The van der Waals surface area contributed by atoms with Crippen molar-refractivity contribution in [2.45, 2.75) is 24.9 Å². The number of hydrogen-bond acceptors (Lipinski definition) is 2. The second-order valence-corrected chi connectivity index (χ2v) is 3.79. The number of halogens is 3. The first-order chi connectivity index (χ1) is 7.57. The quantitative estimate of drug-likeness (QED) is 0.743. The van der Waals surface area contributed by atoms with Gasteiger partial charge in [-0.05, 0) is 18.9 Å². The fourth-order valence-corrected chi connectivity index (χ4v) is 1.66. The summed E-state index contributed by atoms with van der Waals surface area (Å²) in [6, 6.07) is 3.45. The van der Waals surface area contributed by atoms with Crippen molar-refractivity contribution in [3.8, 4) is 5.75 Å². The largest absolute Gasteiger partial charge is 0.435 e. The maximum atomic E-state index is 13.5. The number of aldehydes is 1. The van der Waals surface area contributed by atoms with Gasteiger partial charge in [-0.3, -0.25) is 0 Å². The lowest BCUT2D eigenvalue weighted by Crippen LogP contribution is -2.11. The van der Waals surface area contributed by atoms with Crippen molar-refractivity contribution in [3.05, 3.63) is 29.6 Å². The zero-order valence-corrected chi connectivity index (χ0v) is 8.25. The number of hydrogen-bond donors (Lipinski definition) is 0. The zero-order chi connectivity index (χ0) is 11.8. The molecular formula is C11H9F3O2. The highest BCUT2D eigenvalue weighted by Crippen LogP contribution is 2.47. The van der Waals surface area contributed by atoms with Crippen LogP contribution in [0, 0.1) is 5.82 Å². The van der Waals surface area contributed by atoms with Gasteiger partial charge in [0.15, 0.2) is 0 Å². The van der Waals surface area contributed by atoms with Gasteiger partial charge in [-0.25, -0.2) is 4.39 Å². The number of carbonyl (C=O) groups excluding carboxylic acids is 1. The minimum atomic E-state index is -2.98. The summed E-state index contributed by atoms with van der Waals surface area (Å²) >= 11 is 0. The van der Waals surface area contributed by atoms with E-state index in [1.54, 1.807) is 0 Å².